The molecule has 0 N–H and O–H groups in total. The summed E-state index contributed by atoms with van der Waals surface area (Å²) in [7, 11) is -1.73. The Hall–Kier alpha value is -0.573. The van der Waals surface area contributed by atoms with Crippen LogP contribution in [0.4, 0.5) is 0 Å². The van der Waals surface area contributed by atoms with Gasteiger partial charge >= 0.3 is 0 Å². The zero-order valence-electron chi connectivity index (χ0n) is 10.9. The Morgan fingerprint density at radius 3 is 2.37 bits per heavy atom. The van der Waals surface area contributed by atoms with Gasteiger partial charge in [-0.1, -0.05) is 84.0 Å². The van der Waals surface area contributed by atoms with Gasteiger partial charge in [-0.2, -0.15) is 0 Å². The van der Waals surface area contributed by atoms with Gasteiger partial charge in [0, 0.05) is 11.8 Å². The summed E-state index contributed by atoms with van der Waals surface area (Å²) in [5.74, 6) is 0.00744. The molecule has 1 aromatic rings. The van der Waals surface area contributed by atoms with Gasteiger partial charge in [0.05, 0.1) is 8.07 Å². The van der Waals surface area contributed by atoms with E-state index in [-0.39, 0.29) is 17.6 Å². The number of Topliss-reactive ketones (excluding diaryl/α,β-unsaturated/α-hetero) is 1. The van der Waals surface area contributed by atoms with Crippen molar-refractivity contribution in [2.75, 3.05) is 0 Å². The van der Waals surface area contributed by atoms with Gasteiger partial charge in [-0.3, -0.25) is 4.79 Å². The molecule has 0 heterocycles. The Kier molecular flexibility index (Phi) is 2.97. The number of fused-ring (bicyclic) bond motifs is 1. The molecule has 2 aliphatic carbocycles. The van der Waals surface area contributed by atoms with Crippen LogP contribution < -0.4 is 5.19 Å². The number of alkyl halides is 2. The number of ketones is 1. The highest BCUT2D eigenvalue weighted by Crippen LogP contribution is 2.59. The minimum absolute atomic E-state index is 0.00290. The van der Waals surface area contributed by atoms with Gasteiger partial charge in [0.25, 0.3) is 0 Å². The molecule has 0 aliphatic heterocycles. The fourth-order valence-corrected chi connectivity index (χ4v) is 7.37. The number of halogens is 2. The van der Waals surface area contributed by atoms with Crippen molar-refractivity contribution in [1.29, 1.82) is 0 Å². The highest BCUT2D eigenvalue weighted by atomic mass is 35.5. The highest BCUT2D eigenvalue weighted by molar-refractivity contribution is 6.91. The largest absolute Gasteiger partial charge is 0.296 e. The molecule has 0 bridgehead atoms. The number of benzene rings is 1. The van der Waals surface area contributed by atoms with Gasteiger partial charge < -0.3 is 0 Å². The molecule has 4 heteroatoms. The van der Waals surface area contributed by atoms with E-state index in [1.54, 1.807) is 0 Å². The summed E-state index contributed by atoms with van der Waals surface area (Å²) < 4.78 is -1.18. The Balaban J connectivity index is 1.93. The van der Waals surface area contributed by atoms with Crippen molar-refractivity contribution < 1.29 is 4.79 Å². The predicted molar refractivity (Wildman–Crippen MR) is 82.9 cm³/mol. The Bertz CT molecular complexity index is 551. The fraction of sp³-hybridized carbons (Fsp3) is 0.400. The normalized spacial score (nSPS) is 32.0. The van der Waals surface area contributed by atoms with E-state index in [4.69, 9.17) is 23.2 Å². The van der Waals surface area contributed by atoms with E-state index >= 15 is 0 Å². The van der Waals surface area contributed by atoms with E-state index in [0.29, 0.717) is 5.54 Å². The molecular weight excluding hydrogens is 295 g/mol. The van der Waals surface area contributed by atoms with Crippen molar-refractivity contribution in [2.45, 2.75) is 23.0 Å². The third-order valence-corrected chi connectivity index (χ3v) is 9.62. The van der Waals surface area contributed by atoms with E-state index in [0.717, 1.165) is 0 Å². The van der Waals surface area contributed by atoms with Crippen LogP contribution in [0.1, 0.15) is 0 Å². The first kappa shape index (κ1) is 13.4. The van der Waals surface area contributed by atoms with Gasteiger partial charge in [0.1, 0.15) is 0 Å². The van der Waals surface area contributed by atoms with Crippen LogP contribution in [0.25, 0.3) is 0 Å². The van der Waals surface area contributed by atoms with Crippen LogP contribution in [0.5, 0.6) is 0 Å². The average molecular weight is 311 g/mol. The van der Waals surface area contributed by atoms with E-state index in [1.807, 2.05) is 6.07 Å². The molecule has 0 spiro atoms. The molecule has 2 aliphatic rings. The SMILES string of the molecule is C[Si](C)(c1ccccc1)[C@@H]1C=C[C@@H]2[C@H]1C(=O)C2(Cl)Cl. The lowest BCUT2D eigenvalue weighted by atomic mass is 9.73. The zero-order valence-corrected chi connectivity index (χ0v) is 13.4. The molecule has 3 rings (SSSR count). The number of hydrogen-bond acceptors (Lipinski definition) is 1. The number of carbonyl (C=O) groups is 1. The molecule has 1 saturated carbocycles. The molecule has 0 aromatic heterocycles. The number of allylic oxidation sites excluding steroid dienone is 2. The smallest absolute Gasteiger partial charge is 0.183 e. The maximum absolute atomic E-state index is 12.2. The van der Waals surface area contributed by atoms with Gasteiger partial charge in [-0.25, -0.2) is 0 Å². The third kappa shape index (κ3) is 1.77. The zero-order chi connectivity index (χ0) is 13.8. The minimum atomic E-state index is -1.73. The summed E-state index contributed by atoms with van der Waals surface area (Å²) in [6.07, 6.45) is 4.23. The lowest BCUT2D eigenvalue weighted by Crippen LogP contribution is -2.59. The van der Waals surface area contributed by atoms with Crippen molar-refractivity contribution in [2.24, 2.45) is 11.8 Å². The van der Waals surface area contributed by atoms with Crippen LogP contribution in [0.15, 0.2) is 42.5 Å². The molecule has 1 fully saturated rings. The Morgan fingerprint density at radius 2 is 1.74 bits per heavy atom. The first-order chi connectivity index (χ1) is 8.87. The number of hydrogen-bond donors (Lipinski definition) is 0. The average Bonchev–Trinajstić information content (AvgIpc) is 2.83. The third-order valence-electron chi connectivity index (χ3n) is 4.70. The summed E-state index contributed by atoms with van der Waals surface area (Å²) in [6, 6.07) is 10.5. The lowest BCUT2D eigenvalue weighted by molar-refractivity contribution is -0.132. The lowest BCUT2D eigenvalue weighted by Gasteiger charge is -2.46. The topological polar surface area (TPSA) is 17.1 Å². The molecule has 0 radical (unpaired) electrons. The van der Waals surface area contributed by atoms with Crippen molar-refractivity contribution in [3.05, 3.63) is 42.5 Å². The van der Waals surface area contributed by atoms with Gasteiger partial charge in [-0.05, 0) is 5.54 Å². The quantitative estimate of drug-likeness (QED) is 0.464. The van der Waals surface area contributed by atoms with Crippen LogP contribution >= 0.6 is 23.2 Å². The number of carbonyl (C=O) groups excluding carboxylic acids is 1. The first-order valence-electron chi connectivity index (χ1n) is 6.53. The predicted octanol–water partition coefficient (Wildman–Crippen LogP) is 3.53. The minimum Gasteiger partial charge on any atom is -0.296 e. The first-order valence-corrected chi connectivity index (χ1v) is 10.4. The monoisotopic (exact) mass is 310 g/mol. The molecule has 3 atom stereocenters. The molecule has 19 heavy (non-hydrogen) atoms. The molecule has 1 nitrogen and oxygen atoms in total. The second-order valence-electron chi connectivity index (χ2n) is 6.04. The van der Waals surface area contributed by atoms with Crippen molar-refractivity contribution in [3.8, 4) is 0 Å². The summed E-state index contributed by atoms with van der Waals surface area (Å²) in [6.45, 7) is 4.63. The summed E-state index contributed by atoms with van der Waals surface area (Å²) in [5.41, 5.74) is 0.304. The second kappa shape index (κ2) is 4.21. The highest BCUT2D eigenvalue weighted by Gasteiger charge is 2.65. The van der Waals surface area contributed by atoms with Crippen LogP contribution in [0.3, 0.4) is 0 Å². The summed E-state index contributed by atoms with van der Waals surface area (Å²) >= 11 is 12.2. The molecule has 0 saturated heterocycles. The van der Waals surface area contributed by atoms with E-state index < -0.39 is 12.4 Å². The summed E-state index contributed by atoms with van der Waals surface area (Å²) in [4.78, 5) is 12.2. The van der Waals surface area contributed by atoms with Gasteiger partial charge in [-0.15, -0.1) is 0 Å². The molecule has 0 amide bonds. The van der Waals surface area contributed by atoms with Crippen LogP contribution in [0.2, 0.25) is 18.6 Å². The fourth-order valence-electron chi connectivity index (χ4n) is 3.41. The molecule has 0 unspecified atom stereocenters. The maximum Gasteiger partial charge on any atom is 0.183 e. The van der Waals surface area contributed by atoms with Crippen LogP contribution in [-0.4, -0.2) is 18.2 Å². The van der Waals surface area contributed by atoms with Crippen LogP contribution in [0, 0.1) is 11.8 Å². The second-order valence-corrected chi connectivity index (χ2v) is 12.1. The molecular formula is C15H16Cl2OSi. The Labute approximate surface area is 124 Å². The van der Waals surface area contributed by atoms with E-state index in [1.165, 1.54) is 5.19 Å². The van der Waals surface area contributed by atoms with Crippen molar-refractivity contribution >= 4 is 42.2 Å². The Morgan fingerprint density at radius 1 is 1.11 bits per heavy atom. The van der Waals surface area contributed by atoms with E-state index in [2.05, 4.69) is 49.5 Å². The number of rotatable bonds is 2. The van der Waals surface area contributed by atoms with Gasteiger partial charge in [0.2, 0.25) is 0 Å². The van der Waals surface area contributed by atoms with Crippen molar-refractivity contribution in [3.63, 3.8) is 0 Å². The standard InChI is InChI=1S/C15H16Cl2OSi/c1-19(2,10-6-4-3-5-7-10)12-9-8-11-13(12)14(18)15(11,16)17/h3-9,11-13H,1-2H3/t11-,12-,13-/m1/s1. The van der Waals surface area contributed by atoms with Crippen molar-refractivity contribution in [1.82, 2.24) is 0 Å². The molecule has 1 aromatic carbocycles. The van der Waals surface area contributed by atoms with Gasteiger partial charge in [0.15, 0.2) is 10.1 Å². The maximum atomic E-state index is 12.2. The molecule has 100 valence electrons. The summed E-state index contributed by atoms with van der Waals surface area (Å²) in [5, 5.41) is 1.37. The van der Waals surface area contributed by atoms with Crippen LogP contribution in [-0.2, 0) is 4.79 Å². The van der Waals surface area contributed by atoms with E-state index in [9.17, 15) is 4.79 Å².